The third kappa shape index (κ3) is 3.61. The highest BCUT2D eigenvalue weighted by Gasteiger charge is 2.36. The van der Waals surface area contributed by atoms with Gasteiger partial charge in [0, 0.05) is 25.3 Å². The fraction of sp³-hybridized carbons (Fsp3) is 0.364. The van der Waals surface area contributed by atoms with E-state index in [1.807, 2.05) is 18.2 Å². The molecule has 3 aromatic rings. The number of fused-ring (bicyclic) bond motifs is 1. The SMILES string of the molecule is FC(F)(F)c1cc(-c2ccccn2)n(-c2ccc3c(c2)C[C@H](N2CCOCC2)C3)n1. The molecule has 5 rings (SSSR count). The summed E-state index contributed by atoms with van der Waals surface area (Å²) in [4.78, 5) is 6.67. The maximum atomic E-state index is 13.4. The molecule has 3 heterocycles. The normalized spacial score (nSPS) is 19.8. The fourth-order valence-electron chi connectivity index (χ4n) is 4.33. The van der Waals surface area contributed by atoms with Crippen LogP contribution in [-0.4, -0.2) is 52.0 Å². The molecule has 5 nitrogen and oxygen atoms in total. The van der Waals surface area contributed by atoms with Gasteiger partial charge in [-0.25, -0.2) is 4.68 Å². The maximum absolute atomic E-state index is 13.4. The van der Waals surface area contributed by atoms with E-state index in [4.69, 9.17) is 4.74 Å². The van der Waals surface area contributed by atoms with Crippen molar-refractivity contribution < 1.29 is 17.9 Å². The van der Waals surface area contributed by atoms with Crippen LogP contribution in [0.1, 0.15) is 16.8 Å². The van der Waals surface area contributed by atoms with Gasteiger partial charge in [0.25, 0.3) is 0 Å². The quantitative estimate of drug-likeness (QED) is 0.655. The van der Waals surface area contributed by atoms with Crippen LogP contribution in [0.15, 0.2) is 48.7 Å². The summed E-state index contributed by atoms with van der Waals surface area (Å²) in [5.74, 6) is 0. The summed E-state index contributed by atoms with van der Waals surface area (Å²) < 4.78 is 46.9. The average molecular weight is 414 g/mol. The Morgan fingerprint density at radius 2 is 1.77 bits per heavy atom. The van der Waals surface area contributed by atoms with E-state index in [1.165, 1.54) is 15.8 Å². The van der Waals surface area contributed by atoms with Crippen LogP contribution in [0.4, 0.5) is 13.2 Å². The second kappa shape index (κ2) is 7.52. The average Bonchev–Trinajstić information content (AvgIpc) is 3.39. The summed E-state index contributed by atoms with van der Waals surface area (Å²) in [6.07, 6.45) is -1.12. The lowest BCUT2D eigenvalue weighted by atomic mass is 10.1. The minimum atomic E-state index is -4.52. The van der Waals surface area contributed by atoms with Gasteiger partial charge >= 0.3 is 6.18 Å². The molecule has 1 aromatic carbocycles. The first kappa shape index (κ1) is 19.3. The van der Waals surface area contributed by atoms with Gasteiger partial charge in [-0.2, -0.15) is 18.3 Å². The Morgan fingerprint density at radius 1 is 0.967 bits per heavy atom. The van der Waals surface area contributed by atoms with Crippen molar-refractivity contribution in [3.63, 3.8) is 0 Å². The highest BCUT2D eigenvalue weighted by Crippen LogP contribution is 2.34. The Bertz CT molecular complexity index is 1040. The standard InChI is InChI=1S/C22H21F3N4O/c23-22(24,25)21-14-20(19-3-1-2-6-26-19)29(27-21)17-5-4-15-11-18(13-16(15)12-17)28-7-9-30-10-8-28/h1-6,12,14,18H,7-11,13H2/t18-/m1/s1. The van der Waals surface area contributed by atoms with E-state index in [9.17, 15) is 13.2 Å². The molecular weight excluding hydrogens is 393 g/mol. The van der Waals surface area contributed by atoms with Gasteiger partial charge in [-0.05, 0) is 54.3 Å². The summed E-state index contributed by atoms with van der Waals surface area (Å²) in [7, 11) is 0. The van der Waals surface area contributed by atoms with Gasteiger partial charge < -0.3 is 4.74 Å². The van der Waals surface area contributed by atoms with E-state index in [2.05, 4.69) is 15.0 Å². The molecular formula is C22H21F3N4O. The lowest BCUT2D eigenvalue weighted by Gasteiger charge is -2.32. The van der Waals surface area contributed by atoms with Crippen molar-refractivity contribution in [1.82, 2.24) is 19.7 Å². The molecule has 1 fully saturated rings. The monoisotopic (exact) mass is 414 g/mol. The van der Waals surface area contributed by atoms with E-state index < -0.39 is 11.9 Å². The second-order valence-electron chi connectivity index (χ2n) is 7.70. The molecule has 30 heavy (non-hydrogen) atoms. The minimum Gasteiger partial charge on any atom is -0.379 e. The summed E-state index contributed by atoms with van der Waals surface area (Å²) in [6, 6.07) is 12.5. The Labute approximate surface area is 172 Å². The van der Waals surface area contributed by atoms with E-state index in [0.717, 1.165) is 45.2 Å². The molecule has 8 heteroatoms. The number of hydrogen-bond acceptors (Lipinski definition) is 4. The number of benzene rings is 1. The van der Waals surface area contributed by atoms with Crippen molar-refractivity contribution in [2.45, 2.75) is 25.1 Å². The van der Waals surface area contributed by atoms with Gasteiger partial charge in [0.2, 0.25) is 0 Å². The van der Waals surface area contributed by atoms with E-state index in [0.29, 0.717) is 23.1 Å². The van der Waals surface area contributed by atoms with Gasteiger partial charge in [-0.15, -0.1) is 0 Å². The van der Waals surface area contributed by atoms with E-state index >= 15 is 0 Å². The third-order valence-corrected chi connectivity index (χ3v) is 5.83. The highest BCUT2D eigenvalue weighted by atomic mass is 19.4. The van der Waals surface area contributed by atoms with Crippen LogP contribution < -0.4 is 0 Å². The summed E-state index contributed by atoms with van der Waals surface area (Å²) in [6.45, 7) is 3.34. The molecule has 0 amide bonds. The number of hydrogen-bond donors (Lipinski definition) is 0. The molecule has 1 atom stereocenters. The number of pyridine rings is 1. The first-order valence-corrected chi connectivity index (χ1v) is 10.0. The minimum absolute atomic E-state index is 0.325. The van der Waals surface area contributed by atoms with Crippen molar-refractivity contribution in [3.8, 4) is 17.1 Å². The Morgan fingerprint density at radius 3 is 2.50 bits per heavy atom. The molecule has 0 bridgehead atoms. The lowest BCUT2D eigenvalue weighted by molar-refractivity contribution is -0.141. The van der Waals surface area contributed by atoms with E-state index in [1.54, 1.807) is 24.4 Å². The predicted molar refractivity (Wildman–Crippen MR) is 105 cm³/mol. The molecule has 0 saturated carbocycles. The Hall–Kier alpha value is -2.71. The molecule has 2 aliphatic rings. The van der Waals surface area contributed by atoms with Crippen LogP contribution in [0, 0.1) is 0 Å². The zero-order valence-electron chi connectivity index (χ0n) is 16.3. The molecule has 1 aliphatic heterocycles. The van der Waals surface area contributed by atoms with E-state index in [-0.39, 0.29) is 0 Å². The number of aromatic nitrogens is 3. The summed E-state index contributed by atoms with van der Waals surface area (Å²) in [5.41, 5.74) is 2.89. The zero-order chi connectivity index (χ0) is 20.7. The smallest absolute Gasteiger partial charge is 0.379 e. The molecule has 2 aromatic heterocycles. The van der Waals surface area contributed by atoms with Gasteiger partial charge in [0.05, 0.1) is 30.3 Å². The summed E-state index contributed by atoms with van der Waals surface area (Å²) >= 11 is 0. The first-order valence-electron chi connectivity index (χ1n) is 10.0. The molecule has 0 unspecified atom stereocenters. The van der Waals surface area contributed by atoms with Crippen LogP contribution in [0.25, 0.3) is 17.1 Å². The number of morpholine rings is 1. The number of halogens is 3. The van der Waals surface area contributed by atoms with Crippen molar-refractivity contribution in [3.05, 3.63) is 65.5 Å². The number of nitrogens with zero attached hydrogens (tertiary/aromatic N) is 4. The van der Waals surface area contributed by atoms with Crippen LogP contribution in [-0.2, 0) is 23.8 Å². The Kier molecular flexibility index (Phi) is 4.83. The van der Waals surface area contributed by atoms with Crippen LogP contribution in [0.2, 0.25) is 0 Å². The summed E-state index contributed by atoms with van der Waals surface area (Å²) in [5, 5.41) is 3.89. The maximum Gasteiger partial charge on any atom is 0.435 e. The van der Waals surface area contributed by atoms with Gasteiger partial charge in [-0.1, -0.05) is 12.1 Å². The largest absolute Gasteiger partial charge is 0.435 e. The molecule has 1 aliphatic carbocycles. The number of alkyl halides is 3. The van der Waals surface area contributed by atoms with Crippen molar-refractivity contribution >= 4 is 0 Å². The molecule has 1 saturated heterocycles. The van der Waals surface area contributed by atoms with Crippen molar-refractivity contribution in [2.75, 3.05) is 26.3 Å². The molecule has 0 N–H and O–H groups in total. The highest BCUT2D eigenvalue weighted by molar-refractivity contribution is 5.59. The van der Waals surface area contributed by atoms with Crippen molar-refractivity contribution in [1.29, 1.82) is 0 Å². The molecule has 0 spiro atoms. The zero-order valence-corrected chi connectivity index (χ0v) is 16.3. The van der Waals surface area contributed by atoms with Gasteiger partial charge in [-0.3, -0.25) is 9.88 Å². The second-order valence-corrected chi connectivity index (χ2v) is 7.70. The van der Waals surface area contributed by atoms with Crippen LogP contribution in [0.3, 0.4) is 0 Å². The molecule has 156 valence electrons. The molecule has 0 radical (unpaired) electrons. The predicted octanol–water partition coefficient (Wildman–Crippen LogP) is 3.75. The van der Waals surface area contributed by atoms with Crippen molar-refractivity contribution in [2.24, 2.45) is 0 Å². The lowest BCUT2D eigenvalue weighted by Crippen LogP contribution is -2.43. The first-order chi connectivity index (χ1) is 14.5. The topological polar surface area (TPSA) is 43.2 Å². The van der Waals surface area contributed by atoms with Crippen LogP contribution in [0.5, 0.6) is 0 Å². The fourth-order valence-corrected chi connectivity index (χ4v) is 4.33. The van der Waals surface area contributed by atoms with Gasteiger partial charge in [0.1, 0.15) is 0 Å². The Balaban J connectivity index is 1.50. The number of ether oxygens (including phenoxy) is 1. The third-order valence-electron chi connectivity index (χ3n) is 5.83. The number of rotatable bonds is 3. The van der Waals surface area contributed by atoms with Gasteiger partial charge in [0.15, 0.2) is 5.69 Å². The van der Waals surface area contributed by atoms with Crippen LogP contribution >= 0.6 is 0 Å².